The third-order valence-corrected chi connectivity index (χ3v) is 6.15. The second-order valence-corrected chi connectivity index (χ2v) is 8.52. The number of amides is 1. The molecule has 0 fully saturated rings. The van der Waals surface area contributed by atoms with E-state index in [2.05, 4.69) is 16.4 Å². The molecule has 2 aromatic heterocycles. The predicted molar refractivity (Wildman–Crippen MR) is 111 cm³/mol. The molecule has 1 amide bonds. The largest absolute Gasteiger partial charge is 0.336 e. The number of rotatable bonds is 5. The SMILES string of the molecule is CC(C)C(C)(C#N)NC(=O)Cn1cnc2cc(-c3ccc(Cl)cc3)sc2c1=O. The van der Waals surface area contributed by atoms with Crippen molar-refractivity contribution < 1.29 is 4.79 Å². The van der Waals surface area contributed by atoms with Gasteiger partial charge in [-0.05, 0) is 36.6 Å². The fourth-order valence-corrected chi connectivity index (χ4v) is 3.79. The summed E-state index contributed by atoms with van der Waals surface area (Å²) in [6.45, 7) is 5.18. The summed E-state index contributed by atoms with van der Waals surface area (Å²) >= 11 is 7.25. The van der Waals surface area contributed by atoms with E-state index < -0.39 is 11.4 Å². The third kappa shape index (κ3) is 3.93. The summed E-state index contributed by atoms with van der Waals surface area (Å²) in [6, 6.07) is 11.3. The first-order valence-corrected chi connectivity index (χ1v) is 9.90. The second-order valence-electron chi connectivity index (χ2n) is 7.03. The topological polar surface area (TPSA) is 87.8 Å². The normalized spacial score (nSPS) is 13.3. The van der Waals surface area contributed by atoms with Gasteiger partial charge in [-0.3, -0.25) is 14.2 Å². The third-order valence-electron chi connectivity index (χ3n) is 4.73. The number of nitrogens with zero attached hydrogens (tertiary/aromatic N) is 3. The number of carbonyl (C=O) groups is 1. The summed E-state index contributed by atoms with van der Waals surface area (Å²) in [5.74, 6) is -0.478. The standard InChI is InChI=1S/C20H19ClN4O2S/c1-12(2)20(3,10-22)24-17(26)9-25-11-23-15-8-16(28-18(15)19(25)27)13-4-6-14(21)7-5-13/h4-8,11-12H,9H2,1-3H3,(H,24,26). The predicted octanol–water partition coefficient (Wildman–Crippen LogP) is 3.83. The van der Waals surface area contributed by atoms with Crippen molar-refractivity contribution in [2.24, 2.45) is 5.92 Å². The van der Waals surface area contributed by atoms with Crippen LogP contribution in [0.1, 0.15) is 20.8 Å². The van der Waals surface area contributed by atoms with Crippen LogP contribution < -0.4 is 10.9 Å². The molecule has 8 heteroatoms. The van der Waals surface area contributed by atoms with Crippen LogP contribution in [-0.4, -0.2) is 21.0 Å². The first-order valence-electron chi connectivity index (χ1n) is 8.70. The molecular formula is C20H19ClN4O2S. The lowest BCUT2D eigenvalue weighted by Gasteiger charge is -2.27. The monoisotopic (exact) mass is 414 g/mol. The zero-order chi connectivity index (χ0) is 20.5. The number of aromatic nitrogens is 2. The minimum atomic E-state index is -0.997. The number of halogens is 1. The average Bonchev–Trinajstić information content (AvgIpc) is 3.09. The van der Waals surface area contributed by atoms with E-state index in [4.69, 9.17) is 11.6 Å². The van der Waals surface area contributed by atoms with Gasteiger partial charge in [-0.25, -0.2) is 4.98 Å². The highest BCUT2D eigenvalue weighted by Crippen LogP contribution is 2.31. The summed E-state index contributed by atoms with van der Waals surface area (Å²) in [6.07, 6.45) is 1.36. The van der Waals surface area contributed by atoms with Crippen LogP contribution in [0.2, 0.25) is 5.02 Å². The van der Waals surface area contributed by atoms with Crippen molar-refractivity contribution in [1.82, 2.24) is 14.9 Å². The van der Waals surface area contributed by atoms with E-state index >= 15 is 0 Å². The number of hydrogen-bond acceptors (Lipinski definition) is 5. The lowest BCUT2D eigenvalue weighted by Crippen LogP contribution is -2.50. The second kappa shape index (κ2) is 7.74. The van der Waals surface area contributed by atoms with E-state index in [9.17, 15) is 14.9 Å². The molecule has 1 atom stereocenters. The van der Waals surface area contributed by atoms with Crippen molar-refractivity contribution in [1.29, 1.82) is 5.26 Å². The molecule has 3 rings (SSSR count). The maximum Gasteiger partial charge on any atom is 0.271 e. The number of fused-ring (bicyclic) bond motifs is 1. The van der Waals surface area contributed by atoms with Gasteiger partial charge >= 0.3 is 0 Å². The van der Waals surface area contributed by atoms with Crippen molar-refractivity contribution in [2.45, 2.75) is 32.9 Å². The Morgan fingerprint density at radius 3 is 2.68 bits per heavy atom. The van der Waals surface area contributed by atoms with Gasteiger partial charge in [0, 0.05) is 9.90 Å². The molecular weight excluding hydrogens is 396 g/mol. The molecule has 28 heavy (non-hydrogen) atoms. The van der Waals surface area contributed by atoms with Crippen LogP contribution in [0.3, 0.4) is 0 Å². The van der Waals surface area contributed by atoms with Crippen LogP contribution in [0.4, 0.5) is 0 Å². The van der Waals surface area contributed by atoms with Crippen LogP contribution >= 0.6 is 22.9 Å². The number of thiophene rings is 1. The Bertz CT molecular complexity index is 1130. The molecule has 6 nitrogen and oxygen atoms in total. The summed E-state index contributed by atoms with van der Waals surface area (Å²) in [4.78, 5) is 30.4. The van der Waals surface area contributed by atoms with Gasteiger partial charge in [0.05, 0.1) is 17.9 Å². The molecule has 0 aliphatic heterocycles. The lowest BCUT2D eigenvalue weighted by molar-refractivity contribution is -0.123. The van der Waals surface area contributed by atoms with Crippen molar-refractivity contribution in [3.05, 3.63) is 52.0 Å². The summed E-state index contributed by atoms with van der Waals surface area (Å²) in [5, 5.41) is 12.7. The zero-order valence-electron chi connectivity index (χ0n) is 15.7. The summed E-state index contributed by atoms with van der Waals surface area (Å²) < 4.78 is 1.74. The quantitative estimate of drug-likeness (QED) is 0.687. The highest BCUT2D eigenvalue weighted by Gasteiger charge is 2.30. The van der Waals surface area contributed by atoms with Gasteiger partial charge in [-0.15, -0.1) is 11.3 Å². The Balaban J connectivity index is 1.88. The molecule has 0 saturated carbocycles. The Morgan fingerprint density at radius 2 is 2.07 bits per heavy atom. The van der Waals surface area contributed by atoms with E-state index in [0.29, 0.717) is 15.2 Å². The van der Waals surface area contributed by atoms with Gasteiger partial charge in [0.2, 0.25) is 5.91 Å². The van der Waals surface area contributed by atoms with Gasteiger partial charge in [0.25, 0.3) is 5.56 Å². The number of carbonyl (C=O) groups excluding carboxylic acids is 1. The van der Waals surface area contributed by atoms with Crippen LogP contribution in [0.15, 0.2) is 41.5 Å². The molecule has 1 N–H and O–H groups in total. The van der Waals surface area contributed by atoms with Crippen LogP contribution in [0.5, 0.6) is 0 Å². The smallest absolute Gasteiger partial charge is 0.271 e. The van der Waals surface area contributed by atoms with Crippen molar-refractivity contribution in [2.75, 3.05) is 0 Å². The molecule has 0 bridgehead atoms. The molecule has 1 unspecified atom stereocenters. The van der Waals surface area contributed by atoms with E-state index in [1.165, 1.54) is 22.2 Å². The highest BCUT2D eigenvalue weighted by atomic mass is 35.5. The maximum absolute atomic E-state index is 12.8. The first kappa shape index (κ1) is 20.1. The Hall–Kier alpha value is -2.69. The fourth-order valence-electron chi connectivity index (χ4n) is 2.60. The molecule has 0 aliphatic carbocycles. The van der Waals surface area contributed by atoms with Gasteiger partial charge in [0.1, 0.15) is 16.8 Å². The summed E-state index contributed by atoms with van der Waals surface area (Å²) in [5.41, 5.74) is 0.246. The van der Waals surface area contributed by atoms with Gasteiger partial charge in [0.15, 0.2) is 0 Å². The highest BCUT2D eigenvalue weighted by molar-refractivity contribution is 7.22. The summed E-state index contributed by atoms with van der Waals surface area (Å²) in [7, 11) is 0. The molecule has 0 aliphatic rings. The molecule has 0 spiro atoms. The van der Waals surface area contributed by atoms with Crippen LogP contribution in [-0.2, 0) is 11.3 Å². The van der Waals surface area contributed by atoms with E-state index in [1.807, 2.05) is 32.0 Å². The first-order chi connectivity index (χ1) is 13.2. The molecule has 0 radical (unpaired) electrons. The molecule has 0 saturated heterocycles. The van der Waals surface area contributed by atoms with Crippen molar-refractivity contribution in [3.8, 4) is 16.5 Å². The van der Waals surface area contributed by atoms with Crippen LogP contribution in [0.25, 0.3) is 20.7 Å². The molecule has 2 heterocycles. The maximum atomic E-state index is 12.8. The number of nitrogens with one attached hydrogen (secondary N) is 1. The molecule has 1 aromatic carbocycles. The fraction of sp³-hybridized carbons (Fsp3) is 0.300. The van der Waals surface area contributed by atoms with Crippen molar-refractivity contribution >= 4 is 39.1 Å². The minimum absolute atomic E-state index is 0.0713. The average molecular weight is 415 g/mol. The Labute approximate surface area is 171 Å². The number of benzene rings is 1. The van der Waals surface area contributed by atoms with E-state index in [0.717, 1.165) is 10.4 Å². The molecule has 3 aromatic rings. The number of hydrogen-bond donors (Lipinski definition) is 1. The van der Waals surface area contributed by atoms with E-state index in [1.54, 1.807) is 19.1 Å². The Kier molecular flexibility index (Phi) is 5.54. The lowest BCUT2D eigenvalue weighted by atomic mass is 9.90. The van der Waals surface area contributed by atoms with Gasteiger partial charge < -0.3 is 5.32 Å². The Morgan fingerprint density at radius 1 is 1.39 bits per heavy atom. The van der Waals surface area contributed by atoms with Crippen LogP contribution in [0, 0.1) is 17.2 Å². The number of nitriles is 1. The van der Waals surface area contributed by atoms with Gasteiger partial charge in [-0.2, -0.15) is 5.26 Å². The van der Waals surface area contributed by atoms with E-state index in [-0.39, 0.29) is 18.0 Å². The minimum Gasteiger partial charge on any atom is -0.336 e. The van der Waals surface area contributed by atoms with Crippen molar-refractivity contribution in [3.63, 3.8) is 0 Å². The van der Waals surface area contributed by atoms with Gasteiger partial charge in [-0.1, -0.05) is 37.6 Å². The zero-order valence-corrected chi connectivity index (χ0v) is 17.3. The molecule has 144 valence electrons.